The van der Waals surface area contributed by atoms with Crippen LogP contribution >= 0.6 is 0 Å². The van der Waals surface area contributed by atoms with E-state index in [9.17, 15) is 14.7 Å². The molecule has 5 rings (SSSR count). The van der Waals surface area contributed by atoms with Crippen molar-refractivity contribution >= 4 is 23.2 Å². The summed E-state index contributed by atoms with van der Waals surface area (Å²) in [7, 11) is 0. The van der Waals surface area contributed by atoms with E-state index >= 15 is 0 Å². The van der Waals surface area contributed by atoms with Crippen molar-refractivity contribution in [2.24, 2.45) is 28.8 Å². The third-order valence-corrected chi connectivity index (χ3v) is 6.82. The average Bonchev–Trinajstić information content (AvgIpc) is 3.11. The van der Waals surface area contributed by atoms with E-state index in [4.69, 9.17) is 9.57 Å². The average molecular weight is 395 g/mol. The molecule has 0 spiro atoms. The van der Waals surface area contributed by atoms with Gasteiger partial charge in [0, 0.05) is 11.1 Å². The molecule has 1 heterocycles. The van der Waals surface area contributed by atoms with Gasteiger partial charge in [0.2, 0.25) is 5.90 Å². The third-order valence-electron chi connectivity index (χ3n) is 6.82. The number of benzene rings is 1. The lowest BCUT2D eigenvalue weighted by molar-refractivity contribution is -0.144. The van der Waals surface area contributed by atoms with E-state index in [-0.39, 0.29) is 35.3 Å². The number of hydrogen-bond acceptors (Lipinski definition) is 6. The van der Waals surface area contributed by atoms with Crippen LogP contribution in [0, 0.1) is 23.7 Å². The topological polar surface area (TPSA) is 85.2 Å². The number of ether oxygens (including phenoxy) is 1. The van der Waals surface area contributed by atoms with Gasteiger partial charge in [0.25, 0.3) is 0 Å². The Hall–Kier alpha value is -2.63. The van der Waals surface area contributed by atoms with Crippen LogP contribution < -0.4 is 0 Å². The van der Waals surface area contributed by atoms with E-state index in [1.54, 1.807) is 0 Å². The highest BCUT2D eigenvalue weighted by Crippen LogP contribution is 2.49. The zero-order chi connectivity index (χ0) is 20.1. The fraction of sp³-hybridized carbons (Fsp3) is 0.522. The highest BCUT2D eigenvalue weighted by Gasteiger charge is 2.57. The Balaban J connectivity index is 1.45. The van der Waals surface area contributed by atoms with Crippen molar-refractivity contribution in [3.8, 4) is 0 Å². The maximum Gasteiger partial charge on any atom is 0.240 e. The van der Waals surface area contributed by atoms with Crippen molar-refractivity contribution in [3.63, 3.8) is 0 Å². The number of carbonyl (C=O) groups excluding carboxylic acids is 2. The summed E-state index contributed by atoms with van der Waals surface area (Å²) in [6.07, 6.45) is 3.54. The molecule has 2 fully saturated rings. The van der Waals surface area contributed by atoms with E-state index in [0.717, 1.165) is 24.8 Å². The summed E-state index contributed by atoms with van der Waals surface area (Å²) < 4.78 is 5.70. The molecule has 4 aliphatic rings. The van der Waals surface area contributed by atoms with Gasteiger partial charge in [-0.3, -0.25) is 9.59 Å². The minimum absolute atomic E-state index is 0.0472. The van der Waals surface area contributed by atoms with E-state index < -0.39 is 11.8 Å². The minimum Gasteiger partial charge on any atom is -0.507 e. The second-order valence-electron chi connectivity index (χ2n) is 8.55. The van der Waals surface area contributed by atoms with Gasteiger partial charge in [-0.05, 0) is 43.1 Å². The molecule has 1 aromatic carbocycles. The molecule has 5 atom stereocenters. The number of oxime groups is 1. The molecule has 6 nitrogen and oxygen atoms in total. The van der Waals surface area contributed by atoms with Gasteiger partial charge < -0.3 is 14.7 Å². The Morgan fingerprint density at radius 3 is 2.86 bits per heavy atom. The highest BCUT2D eigenvalue weighted by molar-refractivity contribution is 6.19. The molecular weight excluding hydrogens is 370 g/mol. The number of aliphatic hydroxyl groups is 1. The summed E-state index contributed by atoms with van der Waals surface area (Å²) in [5, 5.41) is 14.9. The number of hydrogen-bond donors (Lipinski definition) is 1. The van der Waals surface area contributed by atoms with Gasteiger partial charge in [0.15, 0.2) is 11.6 Å². The Morgan fingerprint density at radius 1 is 1.21 bits per heavy atom. The lowest BCUT2D eigenvalue weighted by Gasteiger charge is -2.43. The summed E-state index contributed by atoms with van der Waals surface area (Å²) in [6, 6.07) is 7.63. The molecule has 0 aromatic heterocycles. The summed E-state index contributed by atoms with van der Waals surface area (Å²) in [6.45, 7) is 2.55. The van der Waals surface area contributed by atoms with E-state index in [2.05, 4.69) is 12.1 Å². The minimum atomic E-state index is -0.739. The zero-order valence-electron chi connectivity index (χ0n) is 16.5. The van der Waals surface area contributed by atoms with Crippen molar-refractivity contribution in [2.45, 2.75) is 45.1 Å². The quantitative estimate of drug-likeness (QED) is 0.626. The third kappa shape index (κ3) is 2.80. The van der Waals surface area contributed by atoms with Crippen molar-refractivity contribution in [3.05, 3.63) is 41.0 Å². The summed E-state index contributed by atoms with van der Waals surface area (Å²) >= 11 is 0. The SMILES string of the molecule is CCCCOC1=NOC2CC3CC4Cc5ccccc5C(O)=C4C(=O)C3C(=O)C12. The van der Waals surface area contributed by atoms with Crippen LogP contribution in [-0.4, -0.2) is 35.3 Å². The molecule has 0 radical (unpaired) electrons. The van der Waals surface area contributed by atoms with E-state index in [1.165, 1.54) is 0 Å². The first-order chi connectivity index (χ1) is 14.1. The fourth-order valence-electron chi connectivity index (χ4n) is 5.44. The van der Waals surface area contributed by atoms with Crippen molar-refractivity contribution in [1.82, 2.24) is 0 Å². The lowest BCUT2D eigenvalue weighted by atomic mass is 9.59. The largest absolute Gasteiger partial charge is 0.507 e. The highest BCUT2D eigenvalue weighted by atomic mass is 16.7. The van der Waals surface area contributed by atoms with Crippen LogP contribution in [0.25, 0.3) is 5.76 Å². The van der Waals surface area contributed by atoms with Gasteiger partial charge in [-0.1, -0.05) is 42.8 Å². The van der Waals surface area contributed by atoms with Gasteiger partial charge in [0.05, 0.1) is 12.5 Å². The molecule has 3 aliphatic carbocycles. The van der Waals surface area contributed by atoms with Crippen LogP contribution in [0.2, 0.25) is 0 Å². The van der Waals surface area contributed by atoms with Crippen LogP contribution in [0.15, 0.2) is 35.0 Å². The standard InChI is InChI=1S/C23H25NO5/c1-2-3-8-28-23-19-16(29-24-23)11-14-10-13-9-12-6-4-5-7-15(12)20(25)17(13)21(26)18(14)22(19)27/h4-7,13-14,16,18-19,25H,2-3,8-11H2,1H3. The molecule has 2 saturated carbocycles. The number of nitrogens with zero attached hydrogens (tertiary/aromatic N) is 1. The number of ketones is 2. The molecular formula is C23H25NO5. The van der Waals surface area contributed by atoms with Gasteiger partial charge in [-0.2, -0.15) is 0 Å². The normalized spacial score (nSPS) is 32.6. The second kappa shape index (κ2) is 7.01. The maximum absolute atomic E-state index is 13.4. The molecule has 1 N–H and O–H groups in total. The molecule has 6 heteroatoms. The van der Waals surface area contributed by atoms with Crippen molar-refractivity contribution in [1.29, 1.82) is 0 Å². The summed E-state index contributed by atoms with van der Waals surface area (Å²) in [4.78, 5) is 32.3. The lowest BCUT2D eigenvalue weighted by Crippen LogP contribution is -2.52. The molecule has 0 amide bonds. The van der Waals surface area contributed by atoms with Gasteiger partial charge >= 0.3 is 0 Å². The van der Waals surface area contributed by atoms with Gasteiger partial charge in [-0.25, -0.2) is 0 Å². The van der Waals surface area contributed by atoms with Crippen LogP contribution in [0.1, 0.15) is 43.7 Å². The Labute approximate surface area is 169 Å². The smallest absolute Gasteiger partial charge is 0.240 e. The Kier molecular flexibility index (Phi) is 4.45. The summed E-state index contributed by atoms with van der Waals surface area (Å²) in [5.41, 5.74) is 2.19. The molecule has 1 aliphatic heterocycles. The van der Waals surface area contributed by atoms with Gasteiger partial charge in [0.1, 0.15) is 17.8 Å². The first-order valence-electron chi connectivity index (χ1n) is 10.6. The fourth-order valence-corrected chi connectivity index (χ4v) is 5.44. The number of carbonyl (C=O) groups is 2. The second-order valence-corrected chi connectivity index (χ2v) is 8.55. The first kappa shape index (κ1) is 18.4. The van der Waals surface area contributed by atoms with Crippen LogP contribution in [0.4, 0.5) is 0 Å². The Morgan fingerprint density at radius 2 is 2.03 bits per heavy atom. The summed E-state index contributed by atoms with van der Waals surface area (Å²) in [5.74, 6) is -1.49. The van der Waals surface area contributed by atoms with Crippen LogP contribution in [0.3, 0.4) is 0 Å². The molecule has 1 aromatic rings. The maximum atomic E-state index is 13.4. The number of allylic oxidation sites excluding steroid dienone is 1. The zero-order valence-corrected chi connectivity index (χ0v) is 16.5. The molecule has 0 bridgehead atoms. The Bertz CT molecular complexity index is 933. The molecule has 152 valence electrons. The first-order valence-corrected chi connectivity index (χ1v) is 10.6. The van der Waals surface area contributed by atoms with Crippen molar-refractivity contribution in [2.75, 3.05) is 6.61 Å². The molecule has 5 unspecified atom stereocenters. The van der Waals surface area contributed by atoms with E-state index in [0.29, 0.717) is 36.5 Å². The predicted octanol–water partition coefficient (Wildman–Crippen LogP) is 3.45. The van der Waals surface area contributed by atoms with E-state index in [1.807, 2.05) is 24.3 Å². The number of aliphatic hydroxyl groups excluding tert-OH is 1. The van der Waals surface area contributed by atoms with Gasteiger partial charge in [-0.15, -0.1) is 0 Å². The number of fused-ring (bicyclic) bond motifs is 4. The number of unbranched alkanes of at least 4 members (excludes halogenated alkanes) is 1. The monoisotopic (exact) mass is 395 g/mol. The van der Waals surface area contributed by atoms with Crippen LogP contribution in [0.5, 0.6) is 0 Å². The van der Waals surface area contributed by atoms with Crippen molar-refractivity contribution < 1.29 is 24.3 Å². The number of Topliss-reactive ketones (excluding diaryl/α,β-unsaturated/α-hetero) is 2. The van der Waals surface area contributed by atoms with Crippen LogP contribution in [-0.2, 0) is 25.6 Å². The predicted molar refractivity (Wildman–Crippen MR) is 106 cm³/mol. The molecule has 0 saturated heterocycles. The molecule has 29 heavy (non-hydrogen) atoms. The number of rotatable bonds is 3.